The Morgan fingerprint density at radius 3 is 2.31 bits per heavy atom. The summed E-state index contributed by atoms with van der Waals surface area (Å²) in [7, 11) is 0. The van der Waals surface area contributed by atoms with Gasteiger partial charge in [0.1, 0.15) is 11.1 Å². The molecule has 0 atom stereocenters. The fraction of sp³-hybridized carbons (Fsp3) is 0.231. The third kappa shape index (κ3) is 1.84. The highest BCUT2D eigenvalue weighted by molar-refractivity contribution is 7.13. The lowest BCUT2D eigenvalue weighted by atomic mass is 10.0. The van der Waals surface area contributed by atoms with Crippen LogP contribution < -0.4 is 0 Å². The maximum absolute atomic E-state index is 8.77. The molecule has 3 heteroatoms. The van der Waals surface area contributed by atoms with Crippen molar-refractivity contribution in [3.63, 3.8) is 0 Å². The van der Waals surface area contributed by atoms with Gasteiger partial charge in [-0.1, -0.05) is 17.7 Å². The summed E-state index contributed by atoms with van der Waals surface area (Å²) in [4.78, 5) is 4.31. The summed E-state index contributed by atoms with van der Waals surface area (Å²) >= 11 is 1.53. The number of thiazole rings is 1. The van der Waals surface area contributed by atoms with E-state index < -0.39 is 0 Å². The lowest BCUT2D eigenvalue weighted by molar-refractivity contribution is 1.28. The van der Waals surface area contributed by atoms with Crippen LogP contribution in [-0.4, -0.2) is 4.98 Å². The molecule has 0 bridgehead atoms. The van der Waals surface area contributed by atoms with Crippen molar-refractivity contribution in [2.75, 3.05) is 0 Å². The molecule has 0 amide bonds. The predicted molar refractivity (Wildman–Crippen MR) is 66.5 cm³/mol. The lowest BCUT2D eigenvalue weighted by Crippen LogP contribution is -1.89. The first-order chi connectivity index (χ1) is 7.61. The number of rotatable bonds is 1. The topological polar surface area (TPSA) is 36.7 Å². The van der Waals surface area contributed by atoms with Crippen LogP contribution in [0, 0.1) is 32.1 Å². The molecule has 0 fully saturated rings. The van der Waals surface area contributed by atoms with Crippen molar-refractivity contribution >= 4 is 11.3 Å². The van der Waals surface area contributed by atoms with Gasteiger partial charge in [0.05, 0.1) is 0 Å². The SMILES string of the molecule is Cc1cc(C)c(-c2nc(C#N)cs2)c(C)c1. The molecule has 0 saturated carbocycles. The molecule has 1 aromatic heterocycles. The Kier molecular flexibility index (Phi) is 2.76. The van der Waals surface area contributed by atoms with E-state index in [9.17, 15) is 0 Å². The van der Waals surface area contributed by atoms with Gasteiger partial charge >= 0.3 is 0 Å². The van der Waals surface area contributed by atoms with Gasteiger partial charge in [-0.3, -0.25) is 0 Å². The molecule has 0 aliphatic carbocycles. The van der Waals surface area contributed by atoms with Crippen molar-refractivity contribution in [1.82, 2.24) is 4.98 Å². The number of aryl methyl sites for hydroxylation is 3. The largest absolute Gasteiger partial charge is 0.225 e. The highest BCUT2D eigenvalue weighted by atomic mass is 32.1. The number of nitriles is 1. The zero-order valence-corrected chi connectivity index (χ0v) is 10.4. The Balaban J connectivity index is 2.60. The second-order valence-electron chi connectivity index (χ2n) is 3.92. The van der Waals surface area contributed by atoms with Gasteiger partial charge in [0.15, 0.2) is 5.69 Å². The third-order valence-electron chi connectivity index (χ3n) is 2.51. The van der Waals surface area contributed by atoms with E-state index in [1.165, 1.54) is 28.0 Å². The van der Waals surface area contributed by atoms with E-state index in [0.717, 1.165) is 10.6 Å². The molecule has 16 heavy (non-hydrogen) atoms. The molecule has 0 N–H and O–H groups in total. The maximum atomic E-state index is 8.77. The summed E-state index contributed by atoms with van der Waals surface area (Å²) < 4.78 is 0. The molecule has 0 radical (unpaired) electrons. The Labute approximate surface area is 99.2 Å². The van der Waals surface area contributed by atoms with E-state index in [1.807, 2.05) is 0 Å². The fourth-order valence-corrected chi connectivity index (χ4v) is 2.88. The van der Waals surface area contributed by atoms with Gasteiger partial charge in [-0.05, 0) is 31.9 Å². The van der Waals surface area contributed by atoms with Crippen molar-refractivity contribution in [2.45, 2.75) is 20.8 Å². The summed E-state index contributed by atoms with van der Waals surface area (Å²) in [5.74, 6) is 0. The molecule has 1 aromatic carbocycles. The van der Waals surface area contributed by atoms with Gasteiger partial charge in [0.2, 0.25) is 0 Å². The standard InChI is InChI=1S/C13H12N2S/c1-8-4-9(2)12(10(3)5-8)13-15-11(6-14)7-16-13/h4-5,7H,1-3H3. The van der Waals surface area contributed by atoms with E-state index in [-0.39, 0.29) is 0 Å². The van der Waals surface area contributed by atoms with Gasteiger partial charge in [-0.25, -0.2) is 4.98 Å². The van der Waals surface area contributed by atoms with Gasteiger partial charge in [-0.15, -0.1) is 11.3 Å². The second kappa shape index (κ2) is 4.07. The van der Waals surface area contributed by atoms with E-state index in [2.05, 4.69) is 44.0 Å². The predicted octanol–water partition coefficient (Wildman–Crippen LogP) is 3.61. The van der Waals surface area contributed by atoms with Gasteiger partial charge in [0, 0.05) is 10.9 Å². The number of aromatic nitrogens is 1. The summed E-state index contributed by atoms with van der Waals surface area (Å²) in [5, 5.41) is 11.5. The highest BCUT2D eigenvalue weighted by Gasteiger charge is 2.10. The van der Waals surface area contributed by atoms with Crippen molar-refractivity contribution in [2.24, 2.45) is 0 Å². The second-order valence-corrected chi connectivity index (χ2v) is 4.78. The van der Waals surface area contributed by atoms with Crippen LogP contribution in [0.5, 0.6) is 0 Å². The molecule has 2 nitrogen and oxygen atoms in total. The smallest absolute Gasteiger partial charge is 0.152 e. The maximum Gasteiger partial charge on any atom is 0.152 e. The molecule has 0 spiro atoms. The van der Waals surface area contributed by atoms with E-state index in [1.54, 1.807) is 5.38 Å². The number of hydrogen-bond donors (Lipinski definition) is 0. The van der Waals surface area contributed by atoms with E-state index in [0.29, 0.717) is 5.69 Å². The van der Waals surface area contributed by atoms with Crippen LogP contribution in [0.25, 0.3) is 10.6 Å². The minimum Gasteiger partial charge on any atom is -0.225 e. The quantitative estimate of drug-likeness (QED) is 0.747. The average molecular weight is 228 g/mol. The molecule has 0 saturated heterocycles. The number of nitrogens with zero attached hydrogens (tertiary/aromatic N) is 2. The monoisotopic (exact) mass is 228 g/mol. The van der Waals surface area contributed by atoms with Crippen LogP contribution in [0.15, 0.2) is 17.5 Å². The van der Waals surface area contributed by atoms with Gasteiger partial charge in [-0.2, -0.15) is 5.26 Å². The fourth-order valence-electron chi connectivity index (χ4n) is 1.96. The van der Waals surface area contributed by atoms with Crippen molar-refractivity contribution in [3.05, 3.63) is 39.9 Å². The first-order valence-electron chi connectivity index (χ1n) is 5.05. The summed E-state index contributed by atoms with van der Waals surface area (Å²) in [5.41, 5.74) is 5.36. The number of benzene rings is 1. The summed E-state index contributed by atoms with van der Waals surface area (Å²) in [6.07, 6.45) is 0. The molecule has 2 aromatic rings. The third-order valence-corrected chi connectivity index (χ3v) is 3.37. The Bertz CT molecular complexity index is 553. The van der Waals surface area contributed by atoms with Crippen LogP contribution in [0.3, 0.4) is 0 Å². The molecule has 0 aliphatic rings. The molecular formula is C13H12N2S. The zero-order chi connectivity index (χ0) is 11.7. The van der Waals surface area contributed by atoms with Crippen LogP contribution in [-0.2, 0) is 0 Å². The molecule has 0 unspecified atom stereocenters. The van der Waals surface area contributed by atoms with Crippen molar-refractivity contribution < 1.29 is 0 Å². The van der Waals surface area contributed by atoms with Crippen LogP contribution in [0.4, 0.5) is 0 Å². The average Bonchev–Trinajstić information content (AvgIpc) is 2.64. The van der Waals surface area contributed by atoms with Gasteiger partial charge < -0.3 is 0 Å². The zero-order valence-electron chi connectivity index (χ0n) is 9.53. The minimum atomic E-state index is 0.499. The van der Waals surface area contributed by atoms with Crippen LogP contribution in [0.2, 0.25) is 0 Å². The number of hydrogen-bond acceptors (Lipinski definition) is 3. The summed E-state index contributed by atoms with van der Waals surface area (Å²) in [6, 6.07) is 6.36. The summed E-state index contributed by atoms with van der Waals surface area (Å²) in [6.45, 7) is 6.26. The van der Waals surface area contributed by atoms with Crippen molar-refractivity contribution in [3.8, 4) is 16.6 Å². The van der Waals surface area contributed by atoms with Gasteiger partial charge in [0.25, 0.3) is 0 Å². The molecule has 2 rings (SSSR count). The first kappa shape index (κ1) is 10.8. The Hall–Kier alpha value is -1.66. The van der Waals surface area contributed by atoms with Crippen LogP contribution >= 0.6 is 11.3 Å². The minimum absolute atomic E-state index is 0.499. The molecule has 80 valence electrons. The Morgan fingerprint density at radius 1 is 1.19 bits per heavy atom. The lowest BCUT2D eigenvalue weighted by Gasteiger charge is -2.08. The van der Waals surface area contributed by atoms with Crippen molar-refractivity contribution in [1.29, 1.82) is 5.26 Å². The van der Waals surface area contributed by atoms with E-state index in [4.69, 9.17) is 5.26 Å². The first-order valence-corrected chi connectivity index (χ1v) is 5.93. The van der Waals surface area contributed by atoms with E-state index >= 15 is 0 Å². The molecule has 0 aliphatic heterocycles. The molecular weight excluding hydrogens is 216 g/mol. The molecule has 1 heterocycles. The van der Waals surface area contributed by atoms with Crippen LogP contribution in [0.1, 0.15) is 22.4 Å². The highest BCUT2D eigenvalue weighted by Crippen LogP contribution is 2.30. The normalized spacial score (nSPS) is 10.1. The Morgan fingerprint density at radius 2 is 1.81 bits per heavy atom.